The van der Waals surface area contributed by atoms with Crippen molar-refractivity contribution in [2.45, 2.75) is 26.2 Å². The van der Waals surface area contributed by atoms with Gasteiger partial charge < -0.3 is 10.1 Å². The minimum atomic E-state index is -0.545. The van der Waals surface area contributed by atoms with E-state index in [1.807, 2.05) is 18.2 Å². The highest BCUT2D eigenvalue weighted by Gasteiger charge is 2.13. The maximum atomic E-state index is 13.2. The second kappa shape index (κ2) is 8.84. The van der Waals surface area contributed by atoms with E-state index in [2.05, 4.69) is 29.4 Å². The summed E-state index contributed by atoms with van der Waals surface area (Å²) in [5.41, 5.74) is 2.30. The van der Waals surface area contributed by atoms with Crippen LogP contribution < -0.4 is 10.1 Å². The molecule has 6 nitrogen and oxygen atoms in total. The van der Waals surface area contributed by atoms with E-state index < -0.39 is 5.82 Å². The van der Waals surface area contributed by atoms with Gasteiger partial charge in [-0.15, -0.1) is 10.2 Å². The fourth-order valence-corrected chi connectivity index (χ4v) is 2.82. The monoisotopic (exact) mass is 402 g/mol. The number of halogens is 2. The molecule has 0 saturated heterocycles. The minimum absolute atomic E-state index is 0.0609. The molecule has 1 atom stereocenters. The Labute approximate surface area is 167 Å². The number of rotatable bonds is 7. The first-order valence-corrected chi connectivity index (χ1v) is 9.22. The zero-order valence-corrected chi connectivity index (χ0v) is 16.3. The Morgan fingerprint density at radius 2 is 2.00 bits per heavy atom. The highest BCUT2D eigenvalue weighted by Crippen LogP contribution is 2.29. The number of nitrogens with zero attached hydrogens (tertiary/aromatic N) is 3. The van der Waals surface area contributed by atoms with Crippen molar-refractivity contribution in [3.05, 3.63) is 65.5 Å². The number of benzene rings is 2. The Morgan fingerprint density at radius 1 is 1.25 bits per heavy atom. The van der Waals surface area contributed by atoms with Crippen LogP contribution in [0.15, 0.2) is 49.1 Å². The number of carbonyl (C=O) groups is 1. The van der Waals surface area contributed by atoms with E-state index in [1.165, 1.54) is 18.2 Å². The molecule has 1 N–H and O–H groups in total. The molecule has 28 heavy (non-hydrogen) atoms. The van der Waals surface area contributed by atoms with E-state index in [9.17, 15) is 9.18 Å². The summed E-state index contributed by atoms with van der Waals surface area (Å²) in [5.74, 6) is -0.0192. The third kappa shape index (κ3) is 4.67. The third-order valence-corrected chi connectivity index (χ3v) is 4.71. The Balaban J connectivity index is 1.74. The number of amides is 1. The smallest absolute Gasteiger partial charge is 0.262 e. The quantitative estimate of drug-likeness (QED) is 0.627. The molecular formula is C20H20ClFN4O2. The van der Waals surface area contributed by atoms with Crippen LogP contribution in [-0.2, 0) is 4.79 Å². The van der Waals surface area contributed by atoms with E-state index >= 15 is 0 Å². The number of aromatic nitrogens is 3. The molecule has 3 rings (SSSR count). The lowest BCUT2D eigenvalue weighted by atomic mass is 9.98. The lowest BCUT2D eigenvalue weighted by Gasteiger charge is -2.16. The fraction of sp³-hybridized carbons (Fsp3) is 0.250. The summed E-state index contributed by atoms with van der Waals surface area (Å²) >= 11 is 5.73. The first-order valence-electron chi connectivity index (χ1n) is 8.84. The number of ether oxygens (including phenoxy) is 1. The molecule has 2 aromatic carbocycles. The molecule has 0 aliphatic carbocycles. The molecule has 1 amide bonds. The molecule has 0 aliphatic heterocycles. The predicted octanol–water partition coefficient (Wildman–Crippen LogP) is 4.59. The first-order chi connectivity index (χ1) is 13.5. The van der Waals surface area contributed by atoms with Crippen molar-refractivity contribution in [1.82, 2.24) is 14.8 Å². The number of nitrogens with one attached hydrogen (secondary N) is 1. The number of anilines is 1. The molecule has 0 unspecified atom stereocenters. The topological polar surface area (TPSA) is 69.0 Å². The summed E-state index contributed by atoms with van der Waals surface area (Å²) in [7, 11) is 0. The van der Waals surface area contributed by atoms with Gasteiger partial charge in [0.15, 0.2) is 6.61 Å². The van der Waals surface area contributed by atoms with Gasteiger partial charge in [0.25, 0.3) is 5.91 Å². The van der Waals surface area contributed by atoms with E-state index in [0.29, 0.717) is 17.4 Å². The Hall–Kier alpha value is -2.93. The fourth-order valence-electron chi connectivity index (χ4n) is 2.64. The van der Waals surface area contributed by atoms with Crippen molar-refractivity contribution < 1.29 is 13.9 Å². The number of hydrogen-bond donors (Lipinski definition) is 1. The second-order valence-electron chi connectivity index (χ2n) is 6.37. The van der Waals surface area contributed by atoms with Crippen molar-refractivity contribution >= 4 is 23.2 Å². The van der Waals surface area contributed by atoms with Gasteiger partial charge in [-0.2, -0.15) is 0 Å². The maximum absolute atomic E-state index is 13.2. The number of hydrogen-bond acceptors (Lipinski definition) is 4. The van der Waals surface area contributed by atoms with Crippen LogP contribution in [0.5, 0.6) is 5.75 Å². The van der Waals surface area contributed by atoms with Gasteiger partial charge >= 0.3 is 0 Å². The van der Waals surface area contributed by atoms with Gasteiger partial charge in [-0.05, 0) is 48.2 Å². The van der Waals surface area contributed by atoms with Crippen LogP contribution in [0, 0.1) is 5.82 Å². The highest BCUT2D eigenvalue weighted by atomic mass is 35.5. The Morgan fingerprint density at radius 3 is 2.68 bits per heavy atom. The van der Waals surface area contributed by atoms with Crippen LogP contribution in [0.2, 0.25) is 5.02 Å². The summed E-state index contributed by atoms with van der Waals surface area (Å²) in [4.78, 5) is 12.2. The molecule has 0 radical (unpaired) electrons. The third-order valence-electron chi connectivity index (χ3n) is 4.42. The molecule has 3 aromatic rings. The number of carbonyl (C=O) groups excluding carboxylic acids is 1. The van der Waals surface area contributed by atoms with Gasteiger partial charge in [-0.3, -0.25) is 9.36 Å². The molecule has 0 fully saturated rings. The molecule has 0 saturated carbocycles. The van der Waals surface area contributed by atoms with Crippen molar-refractivity contribution in [3.8, 4) is 11.4 Å². The predicted molar refractivity (Wildman–Crippen MR) is 106 cm³/mol. The maximum Gasteiger partial charge on any atom is 0.262 e. The van der Waals surface area contributed by atoms with Crippen LogP contribution >= 0.6 is 11.6 Å². The van der Waals surface area contributed by atoms with Gasteiger partial charge in [0.05, 0.1) is 10.7 Å². The lowest BCUT2D eigenvalue weighted by Crippen LogP contribution is -2.20. The molecule has 1 heterocycles. The SMILES string of the molecule is CC[C@@H](C)c1ccc(OCC(=O)Nc2ccc(F)c(Cl)c2)c(-n2cnnc2)c1. The van der Waals surface area contributed by atoms with Gasteiger partial charge in [0, 0.05) is 5.69 Å². The molecule has 0 aliphatic rings. The first kappa shape index (κ1) is 19.8. The van der Waals surface area contributed by atoms with E-state index in [1.54, 1.807) is 17.2 Å². The van der Waals surface area contributed by atoms with Gasteiger partial charge in [-0.1, -0.05) is 31.5 Å². The zero-order chi connectivity index (χ0) is 20.1. The van der Waals surface area contributed by atoms with Crippen LogP contribution in [0.1, 0.15) is 31.7 Å². The summed E-state index contributed by atoms with van der Waals surface area (Å²) < 4.78 is 20.7. The summed E-state index contributed by atoms with van der Waals surface area (Å²) in [6.45, 7) is 4.05. The van der Waals surface area contributed by atoms with Gasteiger partial charge in [0.2, 0.25) is 0 Å². The van der Waals surface area contributed by atoms with E-state index in [-0.39, 0.29) is 17.5 Å². The molecule has 0 spiro atoms. The van der Waals surface area contributed by atoms with Crippen molar-refractivity contribution in [2.24, 2.45) is 0 Å². The standard InChI is InChI=1S/C20H20ClFN4O2/c1-3-13(2)14-4-7-19(18(8-14)26-11-23-24-12-26)28-10-20(27)25-15-5-6-17(22)16(21)9-15/h4-9,11-13H,3,10H2,1-2H3,(H,25,27)/t13-/m1/s1. The second-order valence-corrected chi connectivity index (χ2v) is 6.78. The minimum Gasteiger partial charge on any atom is -0.482 e. The van der Waals surface area contributed by atoms with Crippen LogP contribution in [0.25, 0.3) is 5.69 Å². The molecule has 146 valence electrons. The molecule has 0 bridgehead atoms. The zero-order valence-electron chi connectivity index (χ0n) is 15.5. The summed E-state index contributed by atoms with van der Waals surface area (Å²) in [6.07, 6.45) is 4.15. The summed E-state index contributed by atoms with van der Waals surface area (Å²) in [5, 5.41) is 10.2. The van der Waals surface area contributed by atoms with Crippen LogP contribution in [-0.4, -0.2) is 27.3 Å². The van der Waals surface area contributed by atoms with Crippen molar-refractivity contribution in [2.75, 3.05) is 11.9 Å². The van der Waals surface area contributed by atoms with Gasteiger partial charge in [-0.25, -0.2) is 4.39 Å². The van der Waals surface area contributed by atoms with Gasteiger partial charge in [0.1, 0.15) is 24.2 Å². The average Bonchev–Trinajstić information content (AvgIpc) is 3.23. The van der Waals surface area contributed by atoms with E-state index in [4.69, 9.17) is 16.3 Å². The van der Waals surface area contributed by atoms with Crippen LogP contribution in [0.3, 0.4) is 0 Å². The van der Waals surface area contributed by atoms with E-state index in [0.717, 1.165) is 17.7 Å². The lowest BCUT2D eigenvalue weighted by molar-refractivity contribution is -0.118. The molecule has 8 heteroatoms. The molecular weight excluding hydrogens is 383 g/mol. The van der Waals surface area contributed by atoms with Crippen molar-refractivity contribution in [3.63, 3.8) is 0 Å². The Bertz CT molecular complexity index is 963. The normalized spacial score (nSPS) is 11.9. The molecule has 1 aromatic heterocycles. The highest BCUT2D eigenvalue weighted by molar-refractivity contribution is 6.31. The Kier molecular flexibility index (Phi) is 6.26. The summed E-state index contributed by atoms with van der Waals surface area (Å²) in [6, 6.07) is 9.79. The largest absolute Gasteiger partial charge is 0.482 e. The van der Waals surface area contributed by atoms with Crippen LogP contribution in [0.4, 0.5) is 10.1 Å². The van der Waals surface area contributed by atoms with Crippen molar-refractivity contribution in [1.29, 1.82) is 0 Å². The average molecular weight is 403 g/mol.